The molecule has 0 aliphatic heterocycles. The van der Waals surface area contributed by atoms with Crippen LogP contribution in [0.1, 0.15) is 28.7 Å². The van der Waals surface area contributed by atoms with E-state index in [1.54, 1.807) is 13.1 Å². The smallest absolute Gasteiger partial charge is 0.406 e. The number of aromatic nitrogens is 2. The molecule has 142 valence electrons. The monoisotopic (exact) mass is 381 g/mol. The predicted molar refractivity (Wildman–Crippen MR) is 88.8 cm³/mol. The lowest BCUT2D eigenvalue weighted by Gasteiger charge is -2.10. The Morgan fingerprint density at radius 1 is 1.22 bits per heavy atom. The number of hydrogen-bond donors (Lipinski definition) is 1. The highest BCUT2D eigenvalue weighted by Gasteiger charge is 2.31. The number of hydrogen-bond acceptors (Lipinski definition) is 3. The van der Waals surface area contributed by atoms with Crippen LogP contribution in [0.15, 0.2) is 42.6 Å². The van der Waals surface area contributed by atoms with Crippen LogP contribution in [0.2, 0.25) is 0 Å². The Hall–Kier alpha value is -3.10. The standard InChI is InChI=1S/C18H15F4N3O2/c1-2-14-15(25-9-3-4-13(19)16(25)24-14)17(26)23-10-11-5-7-12(8-6-11)27-18(20,21)22/h3-9H,2,10H2,1H3,(H,23,26). The summed E-state index contributed by atoms with van der Waals surface area (Å²) >= 11 is 0. The molecule has 0 aliphatic rings. The van der Waals surface area contributed by atoms with Crippen LogP contribution in [0.5, 0.6) is 5.75 Å². The van der Waals surface area contributed by atoms with Crippen molar-refractivity contribution in [1.82, 2.24) is 14.7 Å². The largest absolute Gasteiger partial charge is 0.573 e. The van der Waals surface area contributed by atoms with Gasteiger partial charge in [0.25, 0.3) is 5.91 Å². The Bertz CT molecular complexity index is 965. The Balaban J connectivity index is 1.75. The molecule has 3 rings (SSSR count). The number of nitrogens with one attached hydrogen (secondary N) is 1. The van der Waals surface area contributed by atoms with Crippen molar-refractivity contribution in [3.63, 3.8) is 0 Å². The van der Waals surface area contributed by atoms with Gasteiger partial charge >= 0.3 is 6.36 Å². The topological polar surface area (TPSA) is 55.6 Å². The van der Waals surface area contributed by atoms with Crippen LogP contribution in [-0.2, 0) is 13.0 Å². The van der Waals surface area contributed by atoms with E-state index in [-0.39, 0.29) is 23.6 Å². The van der Waals surface area contributed by atoms with Gasteiger partial charge in [-0.15, -0.1) is 13.2 Å². The summed E-state index contributed by atoms with van der Waals surface area (Å²) in [7, 11) is 0. The number of nitrogens with zero attached hydrogens (tertiary/aromatic N) is 2. The molecule has 0 saturated heterocycles. The Labute approximate surface area is 151 Å². The first-order chi connectivity index (χ1) is 12.8. The number of ether oxygens (including phenoxy) is 1. The van der Waals surface area contributed by atoms with E-state index in [1.807, 2.05) is 0 Å². The molecule has 1 amide bonds. The molecule has 0 fully saturated rings. The van der Waals surface area contributed by atoms with Crippen molar-refractivity contribution in [2.45, 2.75) is 26.3 Å². The number of imidazole rings is 1. The third kappa shape index (κ3) is 4.18. The second kappa shape index (κ2) is 7.26. The van der Waals surface area contributed by atoms with E-state index in [4.69, 9.17) is 0 Å². The number of halogens is 4. The van der Waals surface area contributed by atoms with Crippen LogP contribution in [0, 0.1) is 5.82 Å². The van der Waals surface area contributed by atoms with E-state index in [9.17, 15) is 22.4 Å². The maximum absolute atomic E-state index is 13.9. The zero-order valence-electron chi connectivity index (χ0n) is 14.2. The summed E-state index contributed by atoms with van der Waals surface area (Å²) in [6.45, 7) is 1.88. The summed E-state index contributed by atoms with van der Waals surface area (Å²) < 4.78 is 55.6. The zero-order valence-corrected chi connectivity index (χ0v) is 14.2. The zero-order chi connectivity index (χ0) is 19.6. The highest BCUT2D eigenvalue weighted by molar-refractivity contribution is 5.94. The summed E-state index contributed by atoms with van der Waals surface area (Å²) in [5.41, 5.74) is 1.32. The molecular weight excluding hydrogens is 366 g/mol. The van der Waals surface area contributed by atoms with Gasteiger partial charge in [-0.3, -0.25) is 9.20 Å². The SMILES string of the molecule is CCc1nc2c(F)cccn2c1C(=O)NCc1ccc(OC(F)(F)F)cc1. The average Bonchev–Trinajstić information content (AvgIpc) is 3.00. The molecule has 3 aromatic rings. The first-order valence-electron chi connectivity index (χ1n) is 8.07. The number of benzene rings is 1. The number of alkyl halides is 3. The minimum absolute atomic E-state index is 0.0631. The van der Waals surface area contributed by atoms with Gasteiger partial charge in [0.1, 0.15) is 11.4 Å². The van der Waals surface area contributed by atoms with Crippen LogP contribution < -0.4 is 10.1 Å². The normalized spacial score (nSPS) is 11.6. The third-order valence-corrected chi connectivity index (χ3v) is 3.83. The summed E-state index contributed by atoms with van der Waals surface area (Å²) in [6.07, 6.45) is -2.78. The number of amides is 1. The number of pyridine rings is 1. The molecule has 0 saturated carbocycles. The van der Waals surface area contributed by atoms with E-state index in [2.05, 4.69) is 15.0 Å². The van der Waals surface area contributed by atoms with Gasteiger partial charge in [-0.1, -0.05) is 19.1 Å². The second-order valence-corrected chi connectivity index (χ2v) is 5.68. The molecule has 0 spiro atoms. The summed E-state index contributed by atoms with van der Waals surface area (Å²) in [4.78, 5) is 16.7. The lowest BCUT2D eigenvalue weighted by Crippen LogP contribution is -2.25. The maximum atomic E-state index is 13.9. The maximum Gasteiger partial charge on any atom is 0.573 e. The van der Waals surface area contributed by atoms with Gasteiger partial charge in [-0.05, 0) is 36.2 Å². The van der Waals surface area contributed by atoms with E-state index in [0.717, 1.165) is 12.1 Å². The van der Waals surface area contributed by atoms with Crippen LogP contribution in [0.3, 0.4) is 0 Å². The van der Waals surface area contributed by atoms with Crippen LogP contribution in [-0.4, -0.2) is 21.7 Å². The number of fused-ring (bicyclic) bond motifs is 1. The number of carbonyl (C=O) groups is 1. The fourth-order valence-electron chi connectivity index (χ4n) is 2.64. The third-order valence-electron chi connectivity index (χ3n) is 3.83. The molecule has 2 heterocycles. The highest BCUT2D eigenvalue weighted by atomic mass is 19.4. The minimum atomic E-state index is -4.76. The Morgan fingerprint density at radius 2 is 1.93 bits per heavy atom. The lowest BCUT2D eigenvalue weighted by molar-refractivity contribution is -0.274. The molecular formula is C18H15F4N3O2. The molecule has 2 aromatic heterocycles. The van der Waals surface area contributed by atoms with Crippen LogP contribution in [0.4, 0.5) is 17.6 Å². The molecule has 5 nitrogen and oxygen atoms in total. The molecule has 1 aromatic carbocycles. The number of carbonyl (C=O) groups excluding carboxylic acids is 1. The van der Waals surface area contributed by atoms with Crippen LogP contribution in [0.25, 0.3) is 5.65 Å². The summed E-state index contributed by atoms with van der Waals surface area (Å²) in [5, 5.41) is 2.67. The minimum Gasteiger partial charge on any atom is -0.406 e. The van der Waals surface area contributed by atoms with Crippen molar-refractivity contribution in [3.8, 4) is 5.75 Å². The summed E-state index contributed by atoms with van der Waals surface area (Å²) in [6, 6.07) is 7.88. The van der Waals surface area contributed by atoms with Gasteiger partial charge in [0, 0.05) is 12.7 Å². The predicted octanol–water partition coefficient (Wildman–Crippen LogP) is 3.86. The van der Waals surface area contributed by atoms with Crippen molar-refractivity contribution in [1.29, 1.82) is 0 Å². The Kier molecular flexibility index (Phi) is 5.02. The molecule has 0 radical (unpaired) electrons. The van der Waals surface area contributed by atoms with E-state index in [1.165, 1.54) is 28.7 Å². The second-order valence-electron chi connectivity index (χ2n) is 5.68. The molecule has 0 atom stereocenters. The number of rotatable bonds is 5. The van der Waals surface area contributed by atoms with Gasteiger partial charge < -0.3 is 10.1 Å². The van der Waals surface area contributed by atoms with Crippen LogP contribution >= 0.6 is 0 Å². The fraction of sp³-hybridized carbons (Fsp3) is 0.222. The highest BCUT2D eigenvalue weighted by Crippen LogP contribution is 2.23. The van der Waals surface area contributed by atoms with E-state index < -0.39 is 18.1 Å². The van der Waals surface area contributed by atoms with Gasteiger partial charge in [0.2, 0.25) is 0 Å². The van der Waals surface area contributed by atoms with Crippen molar-refractivity contribution in [2.75, 3.05) is 0 Å². The molecule has 0 bridgehead atoms. The van der Waals surface area contributed by atoms with Gasteiger partial charge in [0.15, 0.2) is 11.5 Å². The molecule has 0 unspecified atom stereocenters. The van der Waals surface area contributed by atoms with Crippen molar-refractivity contribution < 1.29 is 27.1 Å². The molecule has 0 aliphatic carbocycles. The average molecular weight is 381 g/mol. The van der Waals surface area contributed by atoms with Gasteiger partial charge in [0.05, 0.1) is 5.69 Å². The quantitative estimate of drug-likeness (QED) is 0.683. The first kappa shape index (κ1) is 18.7. The van der Waals surface area contributed by atoms with Gasteiger partial charge in [-0.2, -0.15) is 0 Å². The van der Waals surface area contributed by atoms with Crippen molar-refractivity contribution in [3.05, 3.63) is 65.4 Å². The van der Waals surface area contributed by atoms with Crippen molar-refractivity contribution >= 4 is 11.6 Å². The van der Waals surface area contributed by atoms with E-state index >= 15 is 0 Å². The lowest BCUT2D eigenvalue weighted by atomic mass is 10.2. The summed E-state index contributed by atoms with van der Waals surface area (Å²) in [5.74, 6) is -1.34. The van der Waals surface area contributed by atoms with Crippen molar-refractivity contribution in [2.24, 2.45) is 0 Å². The fourth-order valence-corrected chi connectivity index (χ4v) is 2.64. The molecule has 9 heteroatoms. The molecule has 27 heavy (non-hydrogen) atoms. The van der Waals surface area contributed by atoms with E-state index in [0.29, 0.717) is 17.7 Å². The van der Waals surface area contributed by atoms with Gasteiger partial charge in [-0.25, -0.2) is 9.37 Å². The Morgan fingerprint density at radius 3 is 2.56 bits per heavy atom. The molecule has 1 N–H and O–H groups in total. The number of aryl methyl sites for hydroxylation is 1. The first-order valence-corrected chi connectivity index (χ1v) is 8.07.